The maximum Gasteiger partial charge on any atom is 0.218 e. The molecule has 0 aliphatic heterocycles. The van der Waals surface area contributed by atoms with E-state index < -0.39 is 10.0 Å². The van der Waals surface area contributed by atoms with Crippen molar-refractivity contribution < 1.29 is 18.6 Å². The van der Waals surface area contributed by atoms with Crippen LogP contribution in [0.1, 0.15) is 5.56 Å². The number of nitrogen functional groups attached to an aromatic ring is 1. The second-order valence-corrected chi connectivity index (χ2v) is 5.82. The van der Waals surface area contributed by atoms with Gasteiger partial charge in [0.1, 0.15) is 0 Å². The molecule has 1 aromatic carbocycles. The molecule has 0 aliphatic carbocycles. The fourth-order valence-corrected chi connectivity index (χ4v) is 3.10. The minimum atomic E-state index is -3.56. The molecule has 0 saturated carbocycles. The van der Waals surface area contributed by atoms with Crippen LogP contribution in [0.4, 0.5) is 5.69 Å². The van der Waals surface area contributed by atoms with Crippen LogP contribution in [0.25, 0.3) is 0 Å². The average molecular weight is 274 g/mol. The van der Waals surface area contributed by atoms with Gasteiger partial charge in [0.2, 0.25) is 10.0 Å². The van der Waals surface area contributed by atoms with Crippen molar-refractivity contribution in [2.45, 2.75) is 5.75 Å². The number of hydrogen-bond donors (Lipinski definition) is 3. The maximum absolute atomic E-state index is 12.1. The molecule has 0 spiro atoms. The Balaban J connectivity index is 2.85. The summed E-state index contributed by atoms with van der Waals surface area (Å²) in [7, 11) is -3.56. The van der Waals surface area contributed by atoms with Crippen LogP contribution in [-0.4, -0.2) is 49.2 Å². The Kier molecular flexibility index (Phi) is 5.54. The van der Waals surface area contributed by atoms with Gasteiger partial charge in [0, 0.05) is 18.8 Å². The fourth-order valence-electron chi connectivity index (χ4n) is 1.60. The molecule has 6 nitrogen and oxygen atoms in total. The van der Waals surface area contributed by atoms with Gasteiger partial charge in [-0.25, -0.2) is 8.42 Å². The summed E-state index contributed by atoms with van der Waals surface area (Å²) >= 11 is 0. The predicted molar refractivity (Wildman–Crippen MR) is 69.2 cm³/mol. The van der Waals surface area contributed by atoms with E-state index in [4.69, 9.17) is 15.9 Å². The predicted octanol–water partition coefficient (Wildman–Crippen LogP) is -0.615. The van der Waals surface area contributed by atoms with E-state index in [1.54, 1.807) is 24.3 Å². The zero-order valence-electron chi connectivity index (χ0n) is 9.99. The van der Waals surface area contributed by atoms with Gasteiger partial charge in [0.05, 0.1) is 19.0 Å². The van der Waals surface area contributed by atoms with Gasteiger partial charge in [-0.1, -0.05) is 12.1 Å². The molecule has 18 heavy (non-hydrogen) atoms. The van der Waals surface area contributed by atoms with Crippen molar-refractivity contribution >= 4 is 15.7 Å². The number of sulfonamides is 1. The molecule has 0 heterocycles. The lowest BCUT2D eigenvalue weighted by molar-refractivity contribution is 0.217. The molecule has 1 rings (SSSR count). The molecule has 0 fully saturated rings. The maximum atomic E-state index is 12.1. The first-order valence-corrected chi connectivity index (χ1v) is 7.14. The SMILES string of the molecule is Nc1cccc(CS(=O)(=O)N(CCO)CCO)c1. The summed E-state index contributed by atoms with van der Waals surface area (Å²) in [5.74, 6) is -0.196. The second-order valence-electron chi connectivity index (χ2n) is 3.85. The van der Waals surface area contributed by atoms with Crippen molar-refractivity contribution in [1.82, 2.24) is 4.31 Å². The molecule has 0 amide bonds. The lowest BCUT2D eigenvalue weighted by atomic mass is 10.2. The quantitative estimate of drug-likeness (QED) is 0.575. The lowest BCUT2D eigenvalue weighted by Gasteiger charge is -2.20. The fraction of sp³-hybridized carbons (Fsp3) is 0.455. The first-order valence-electron chi connectivity index (χ1n) is 5.53. The average Bonchev–Trinajstić information content (AvgIpc) is 2.28. The van der Waals surface area contributed by atoms with Crippen molar-refractivity contribution in [3.8, 4) is 0 Å². The minimum Gasteiger partial charge on any atom is -0.399 e. The molecule has 7 heteroatoms. The van der Waals surface area contributed by atoms with Gasteiger partial charge in [0.25, 0.3) is 0 Å². The molecule has 102 valence electrons. The Morgan fingerprint density at radius 1 is 1.17 bits per heavy atom. The highest BCUT2D eigenvalue weighted by Gasteiger charge is 2.21. The topological polar surface area (TPSA) is 104 Å². The second kappa shape index (κ2) is 6.69. The summed E-state index contributed by atoms with van der Waals surface area (Å²) in [6, 6.07) is 6.62. The Morgan fingerprint density at radius 2 is 1.78 bits per heavy atom. The van der Waals surface area contributed by atoms with E-state index in [1.165, 1.54) is 0 Å². The van der Waals surface area contributed by atoms with Gasteiger partial charge >= 0.3 is 0 Å². The minimum absolute atomic E-state index is 0.0226. The first-order chi connectivity index (χ1) is 8.49. The van der Waals surface area contributed by atoms with Crippen molar-refractivity contribution in [3.05, 3.63) is 29.8 Å². The Hall–Kier alpha value is -1.15. The molecular formula is C11H18N2O4S. The van der Waals surface area contributed by atoms with Crippen LogP contribution in [0.15, 0.2) is 24.3 Å². The summed E-state index contributed by atoms with van der Waals surface area (Å²) in [6.45, 7) is -0.608. The highest BCUT2D eigenvalue weighted by Crippen LogP contribution is 2.13. The Morgan fingerprint density at radius 3 is 2.28 bits per heavy atom. The summed E-state index contributed by atoms with van der Waals surface area (Å²) in [5.41, 5.74) is 6.66. The van der Waals surface area contributed by atoms with Crippen LogP contribution >= 0.6 is 0 Å². The van der Waals surface area contributed by atoms with Gasteiger partial charge < -0.3 is 15.9 Å². The van der Waals surface area contributed by atoms with E-state index >= 15 is 0 Å². The molecule has 0 radical (unpaired) electrons. The Bertz CT molecular complexity index is 470. The number of nitrogens with zero attached hydrogens (tertiary/aromatic N) is 1. The lowest BCUT2D eigenvalue weighted by Crippen LogP contribution is -2.36. The highest BCUT2D eigenvalue weighted by molar-refractivity contribution is 7.88. The zero-order chi connectivity index (χ0) is 13.6. The number of benzene rings is 1. The zero-order valence-corrected chi connectivity index (χ0v) is 10.8. The summed E-state index contributed by atoms with van der Waals surface area (Å²) in [5, 5.41) is 17.7. The third-order valence-electron chi connectivity index (χ3n) is 2.39. The van der Waals surface area contributed by atoms with E-state index in [1.807, 2.05) is 0 Å². The summed E-state index contributed by atoms with van der Waals surface area (Å²) in [6.07, 6.45) is 0. The molecule has 0 aromatic heterocycles. The number of aliphatic hydroxyl groups is 2. The third-order valence-corrected chi connectivity index (χ3v) is 4.24. The molecule has 0 saturated heterocycles. The first kappa shape index (κ1) is 14.9. The smallest absolute Gasteiger partial charge is 0.218 e. The summed E-state index contributed by atoms with van der Waals surface area (Å²) in [4.78, 5) is 0. The molecule has 0 bridgehead atoms. The molecular weight excluding hydrogens is 256 g/mol. The molecule has 0 aliphatic rings. The van der Waals surface area contributed by atoms with Gasteiger partial charge in [0.15, 0.2) is 0 Å². The normalized spacial score (nSPS) is 11.9. The third kappa shape index (κ3) is 4.26. The van der Waals surface area contributed by atoms with Crippen LogP contribution in [0.2, 0.25) is 0 Å². The summed E-state index contributed by atoms with van der Waals surface area (Å²) < 4.78 is 25.2. The van der Waals surface area contributed by atoms with E-state index in [0.717, 1.165) is 4.31 Å². The van der Waals surface area contributed by atoms with E-state index in [0.29, 0.717) is 11.3 Å². The highest BCUT2D eigenvalue weighted by atomic mass is 32.2. The van der Waals surface area contributed by atoms with Crippen molar-refractivity contribution in [2.24, 2.45) is 0 Å². The van der Waals surface area contributed by atoms with E-state index in [9.17, 15) is 8.42 Å². The van der Waals surface area contributed by atoms with Gasteiger partial charge in [-0.2, -0.15) is 4.31 Å². The van der Waals surface area contributed by atoms with Crippen molar-refractivity contribution in [1.29, 1.82) is 0 Å². The number of nitrogens with two attached hydrogens (primary N) is 1. The molecule has 1 aromatic rings. The number of aliphatic hydroxyl groups excluding tert-OH is 2. The van der Waals surface area contributed by atoms with Gasteiger partial charge in [-0.15, -0.1) is 0 Å². The van der Waals surface area contributed by atoms with Crippen LogP contribution in [0.3, 0.4) is 0 Å². The van der Waals surface area contributed by atoms with Crippen LogP contribution in [0.5, 0.6) is 0 Å². The monoisotopic (exact) mass is 274 g/mol. The molecule has 0 unspecified atom stereocenters. The standard InChI is InChI=1S/C11H18N2O4S/c12-11-3-1-2-10(8-11)9-18(16,17)13(4-6-14)5-7-15/h1-3,8,14-15H,4-7,9,12H2. The van der Waals surface area contributed by atoms with Crippen LogP contribution in [-0.2, 0) is 15.8 Å². The van der Waals surface area contributed by atoms with Crippen LogP contribution < -0.4 is 5.73 Å². The molecule has 0 atom stereocenters. The van der Waals surface area contributed by atoms with E-state index in [-0.39, 0.29) is 32.1 Å². The Labute approximate surface area is 107 Å². The van der Waals surface area contributed by atoms with Gasteiger partial charge in [-0.05, 0) is 17.7 Å². The number of hydrogen-bond acceptors (Lipinski definition) is 5. The van der Waals surface area contributed by atoms with Crippen LogP contribution in [0, 0.1) is 0 Å². The largest absolute Gasteiger partial charge is 0.399 e. The number of rotatable bonds is 7. The van der Waals surface area contributed by atoms with Gasteiger partial charge in [-0.3, -0.25) is 0 Å². The number of anilines is 1. The molecule has 4 N–H and O–H groups in total. The van der Waals surface area contributed by atoms with Crippen molar-refractivity contribution in [3.63, 3.8) is 0 Å². The van der Waals surface area contributed by atoms with E-state index in [2.05, 4.69) is 0 Å². The van der Waals surface area contributed by atoms with Crippen molar-refractivity contribution in [2.75, 3.05) is 32.0 Å².